The Morgan fingerprint density at radius 2 is 1.14 bits per heavy atom. The molecule has 0 aliphatic carbocycles. The predicted octanol–water partition coefficient (Wildman–Crippen LogP) is 3.46. The third kappa shape index (κ3) is 3.97. The molecule has 0 saturated heterocycles. The number of nitrogens with one attached hydrogen (secondary N) is 1. The zero-order chi connectivity index (χ0) is 15.2. The Labute approximate surface area is 136 Å². The van der Waals surface area contributed by atoms with Gasteiger partial charge in [-0.05, 0) is 47.8 Å². The molecular weight excluding hydrogens is 314 g/mol. The van der Waals surface area contributed by atoms with Crippen LogP contribution in [0.1, 0.15) is 0 Å². The quantitative estimate of drug-likeness (QED) is 0.549. The highest BCUT2D eigenvalue weighted by Gasteiger charge is 2.09. The van der Waals surface area contributed by atoms with Gasteiger partial charge in [0.1, 0.15) is 0 Å². The van der Waals surface area contributed by atoms with E-state index in [1.807, 2.05) is 60.7 Å². The number of hydrogen-bond acceptors (Lipinski definition) is 7. The highest BCUT2D eigenvalue weighted by molar-refractivity contribution is 7.99. The normalized spacial score (nSPS) is 10.4. The molecule has 0 fully saturated rings. The molecule has 110 valence electrons. The molecule has 0 aliphatic heterocycles. The lowest BCUT2D eigenvalue weighted by Gasteiger charge is -2.06. The Morgan fingerprint density at radius 1 is 0.682 bits per heavy atom. The minimum Gasteiger partial charge on any atom is -0.292 e. The third-order valence-electron chi connectivity index (χ3n) is 2.63. The summed E-state index contributed by atoms with van der Waals surface area (Å²) in [7, 11) is 0. The van der Waals surface area contributed by atoms with Crippen molar-refractivity contribution < 1.29 is 0 Å². The minimum absolute atomic E-state index is 0.354. The van der Waals surface area contributed by atoms with E-state index in [2.05, 4.69) is 20.4 Å². The Kier molecular flexibility index (Phi) is 4.89. The molecule has 0 spiro atoms. The van der Waals surface area contributed by atoms with E-state index in [1.54, 1.807) is 0 Å². The van der Waals surface area contributed by atoms with Crippen LogP contribution in [0, 0.1) is 0 Å². The summed E-state index contributed by atoms with van der Waals surface area (Å²) >= 11 is 2.94. The minimum atomic E-state index is 0.354. The number of nitrogens with zero attached hydrogens (tertiary/aromatic N) is 3. The molecule has 0 atom stereocenters. The summed E-state index contributed by atoms with van der Waals surface area (Å²) in [4.78, 5) is 15.2. The van der Waals surface area contributed by atoms with Gasteiger partial charge in [-0.2, -0.15) is 15.0 Å². The fourth-order valence-corrected chi connectivity index (χ4v) is 3.28. The van der Waals surface area contributed by atoms with Crippen molar-refractivity contribution in [3.05, 3.63) is 60.7 Å². The van der Waals surface area contributed by atoms with Gasteiger partial charge in [0.25, 0.3) is 0 Å². The highest BCUT2D eigenvalue weighted by atomic mass is 32.2. The van der Waals surface area contributed by atoms with Crippen LogP contribution in [-0.2, 0) is 0 Å². The standard InChI is InChI=1S/C15H13N5S2/c16-20-13-17-14(21-11-7-3-1-4-8-11)19-15(18-13)22-12-9-5-2-6-10-12/h1-10H,16H2,(H,17,18,19,20). The average Bonchev–Trinajstić information content (AvgIpc) is 2.56. The largest absolute Gasteiger partial charge is 0.292 e. The molecule has 2 aromatic carbocycles. The van der Waals surface area contributed by atoms with Gasteiger partial charge in [0.2, 0.25) is 5.95 Å². The maximum absolute atomic E-state index is 5.45. The van der Waals surface area contributed by atoms with E-state index in [9.17, 15) is 0 Å². The number of hydrogen-bond donors (Lipinski definition) is 2. The second-order valence-corrected chi connectivity index (χ2v) is 6.28. The number of nitrogen functional groups attached to an aromatic ring is 1. The van der Waals surface area contributed by atoms with Crippen LogP contribution >= 0.6 is 23.5 Å². The molecule has 1 heterocycles. The van der Waals surface area contributed by atoms with Crippen molar-refractivity contribution in [2.24, 2.45) is 5.84 Å². The Balaban J connectivity index is 1.86. The van der Waals surface area contributed by atoms with Crippen LogP contribution in [0.25, 0.3) is 0 Å². The van der Waals surface area contributed by atoms with E-state index in [-0.39, 0.29) is 0 Å². The fraction of sp³-hybridized carbons (Fsp3) is 0. The lowest BCUT2D eigenvalue weighted by atomic mass is 10.4. The molecule has 0 amide bonds. The van der Waals surface area contributed by atoms with Gasteiger partial charge in [-0.25, -0.2) is 5.84 Å². The van der Waals surface area contributed by atoms with Crippen LogP contribution in [0.2, 0.25) is 0 Å². The van der Waals surface area contributed by atoms with Gasteiger partial charge in [-0.15, -0.1) is 0 Å². The lowest BCUT2D eigenvalue weighted by Crippen LogP contribution is -2.12. The van der Waals surface area contributed by atoms with Crippen LogP contribution in [0.5, 0.6) is 0 Å². The highest BCUT2D eigenvalue weighted by Crippen LogP contribution is 2.29. The van der Waals surface area contributed by atoms with Crippen molar-refractivity contribution in [2.75, 3.05) is 5.43 Å². The number of aromatic nitrogens is 3. The second-order valence-electron chi connectivity index (χ2n) is 4.20. The molecule has 7 heteroatoms. The molecule has 1 aromatic heterocycles. The van der Waals surface area contributed by atoms with Crippen LogP contribution in [0.3, 0.4) is 0 Å². The van der Waals surface area contributed by atoms with Crippen molar-refractivity contribution in [2.45, 2.75) is 20.1 Å². The van der Waals surface area contributed by atoms with Gasteiger partial charge in [0.15, 0.2) is 10.3 Å². The lowest BCUT2D eigenvalue weighted by molar-refractivity contribution is 0.804. The molecular formula is C15H13N5S2. The van der Waals surface area contributed by atoms with Crippen molar-refractivity contribution in [1.29, 1.82) is 0 Å². The second kappa shape index (κ2) is 7.26. The van der Waals surface area contributed by atoms with Crippen molar-refractivity contribution in [1.82, 2.24) is 15.0 Å². The zero-order valence-corrected chi connectivity index (χ0v) is 13.1. The number of nitrogens with two attached hydrogens (primary N) is 1. The van der Waals surface area contributed by atoms with E-state index in [0.717, 1.165) is 9.79 Å². The molecule has 0 radical (unpaired) electrons. The molecule has 3 aromatic rings. The predicted molar refractivity (Wildman–Crippen MR) is 88.8 cm³/mol. The van der Waals surface area contributed by atoms with Crippen LogP contribution in [0.15, 0.2) is 80.8 Å². The van der Waals surface area contributed by atoms with E-state index < -0.39 is 0 Å². The van der Waals surface area contributed by atoms with Crippen LogP contribution in [-0.4, -0.2) is 15.0 Å². The topological polar surface area (TPSA) is 76.7 Å². The molecule has 3 N–H and O–H groups in total. The van der Waals surface area contributed by atoms with Gasteiger partial charge in [-0.3, -0.25) is 5.43 Å². The fourth-order valence-electron chi connectivity index (χ4n) is 1.68. The SMILES string of the molecule is NNc1nc(Sc2ccccc2)nc(Sc2ccccc2)n1. The number of hydrazine groups is 1. The first-order chi connectivity index (χ1) is 10.8. The smallest absolute Gasteiger partial charge is 0.242 e. The van der Waals surface area contributed by atoms with E-state index in [1.165, 1.54) is 23.5 Å². The van der Waals surface area contributed by atoms with Crippen LogP contribution in [0.4, 0.5) is 5.95 Å². The Hall–Kier alpha value is -2.09. The first-order valence-corrected chi connectivity index (χ1v) is 8.15. The summed E-state index contributed by atoms with van der Waals surface area (Å²) in [6.07, 6.45) is 0. The summed E-state index contributed by atoms with van der Waals surface area (Å²) in [5.74, 6) is 5.81. The van der Waals surface area contributed by atoms with Gasteiger partial charge in [-0.1, -0.05) is 36.4 Å². The van der Waals surface area contributed by atoms with Gasteiger partial charge >= 0.3 is 0 Å². The summed E-state index contributed by atoms with van der Waals surface area (Å²) < 4.78 is 0. The van der Waals surface area contributed by atoms with Gasteiger partial charge in [0.05, 0.1) is 0 Å². The summed E-state index contributed by atoms with van der Waals surface area (Å²) in [6.45, 7) is 0. The number of rotatable bonds is 5. The summed E-state index contributed by atoms with van der Waals surface area (Å²) in [5, 5.41) is 1.21. The van der Waals surface area contributed by atoms with Crippen molar-refractivity contribution >= 4 is 29.5 Å². The first-order valence-electron chi connectivity index (χ1n) is 6.52. The molecule has 22 heavy (non-hydrogen) atoms. The molecule has 0 unspecified atom stereocenters. The zero-order valence-electron chi connectivity index (χ0n) is 11.5. The number of anilines is 1. The molecule has 0 aliphatic rings. The molecule has 0 saturated carbocycles. The van der Waals surface area contributed by atoms with Crippen LogP contribution < -0.4 is 11.3 Å². The summed E-state index contributed by atoms with van der Waals surface area (Å²) in [6, 6.07) is 19.9. The molecule has 0 bridgehead atoms. The van der Waals surface area contributed by atoms with Crippen molar-refractivity contribution in [3.63, 3.8) is 0 Å². The molecule has 3 rings (SSSR count). The van der Waals surface area contributed by atoms with Gasteiger partial charge in [0, 0.05) is 9.79 Å². The maximum atomic E-state index is 5.45. The summed E-state index contributed by atoms with van der Waals surface area (Å²) in [5.41, 5.74) is 2.49. The average molecular weight is 327 g/mol. The third-order valence-corrected chi connectivity index (χ3v) is 4.37. The van der Waals surface area contributed by atoms with E-state index >= 15 is 0 Å². The molecule has 5 nitrogen and oxygen atoms in total. The maximum Gasteiger partial charge on any atom is 0.242 e. The van der Waals surface area contributed by atoms with E-state index in [0.29, 0.717) is 16.3 Å². The Morgan fingerprint density at radius 3 is 1.55 bits per heavy atom. The number of benzene rings is 2. The van der Waals surface area contributed by atoms with Crippen molar-refractivity contribution in [3.8, 4) is 0 Å². The first kappa shape index (κ1) is 14.8. The monoisotopic (exact) mass is 327 g/mol. The van der Waals surface area contributed by atoms with Gasteiger partial charge < -0.3 is 0 Å². The Bertz CT molecular complexity index is 678. The van der Waals surface area contributed by atoms with E-state index in [4.69, 9.17) is 5.84 Å².